The Morgan fingerprint density at radius 2 is 1.86 bits per heavy atom. The number of carboxylic acids is 1. The van der Waals surface area contributed by atoms with Gasteiger partial charge < -0.3 is 9.84 Å². The van der Waals surface area contributed by atoms with Crippen LogP contribution in [0.15, 0.2) is 42.5 Å². The van der Waals surface area contributed by atoms with E-state index in [9.17, 15) is 13.6 Å². The number of hydrogen-bond acceptors (Lipinski definition) is 2. The molecular formula is C16H14F2O3. The Kier molecular flexibility index (Phi) is 4.52. The van der Waals surface area contributed by atoms with E-state index in [1.807, 2.05) is 6.92 Å². The van der Waals surface area contributed by atoms with E-state index in [4.69, 9.17) is 9.84 Å². The van der Waals surface area contributed by atoms with Crippen molar-refractivity contribution in [1.29, 1.82) is 0 Å². The fourth-order valence-electron chi connectivity index (χ4n) is 1.93. The maximum atomic E-state index is 13.5. The summed E-state index contributed by atoms with van der Waals surface area (Å²) >= 11 is 0. The molecule has 1 atom stereocenters. The fourth-order valence-corrected chi connectivity index (χ4v) is 1.93. The Balaban J connectivity index is 2.10. The molecule has 0 fully saturated rings. The van der Waals surface area contributed by atoms with Crippen molar-refractivity contribution in [3.05, 3.63) is 59.7 Å². The third kappa shape index (κ3) is 4.02. The highest BCUT2D eigenvalue weighted by Gasteiger charge is 2.11. The second kappa shape index (κ2) is 6.35. The molecule has 0 aliphatic carbocycles. The average Bonchev–Trinajstić information content (AvgIpc) is 2.42. The van der Waals surface area contributed by atoms with Crippen molar-refractivity contribution in [2.45, 2.75) is 19.3 Å². The zero-order valence-electron chi connectivity index (χ0n) is 11.3. The first-order valence-electron chi connectivity index (χ1n) is 6.40. The maximum Gasteiger partial charge on any atom is 0.303 e. The minimum absolute atomic E-state index is 0.0345. The molecule has 0 amide bonds. The number of halogens is 2. The van der Waals surface area contributed by atoms with Crippen LogP contribution in [0.5, 0.6) is 11.5 Å². The smallest absolute Gasteiger partial charge is 0.303 e. The molecule has 2 aromatic rings. The summed E-state index contributed by atoms with van der Waals surface area (Å²) in [4.78, 5) is 10.7. The van der Waals surface area contributed by atoms with Crippen LogP contribution in [0, 0.1) is 11.6 Å². The number of carboxylic acid groups (broad SMARTS) is 1. The first-order valence-corrected chi connectivity index (χ1v) is 6.40. The lowest BCUT2D eigenvalue weighted by Crippen LogP contribution is -2.02. The van der Waals surface area contributed by atoms with Gasteiger partial charge in [0.25, 0.3) is 0 Å². The quantitative estimate of drug-likeness (QED) is 0.892. The molecule has 1 unspecified atom stereocenters. The van der Waals surface area contributed by atoms with E-state index >= 15 is 0 Å². The monoisotopic (exact) mass is 292 g/mol. The molecule has 0 spiro atoms. The maximum absolute atomic E-state index is 13.5. The van der Waals surface area contributed by atoms with Crippen molar-refractivity contribution in [2.75, 3.05) is 0 Å². The number of rotatable bonds is 5. The molecule has 3 nitrogen and oxygen atoms in total. The molecule has 2 rings (SSSR count). The summed E-state index contributed by atoms with van der Waals surface area (Å²) in [6.45, 7) is 1.81. The Bertz CT molecular complexity index is 638. The summed E-state index contributed by atoms with van der Waals surface area (Å²) in [6.07, 6.45) is 0.0345. The highest BCUT2D eigenvalue weighted by molar-refractivity contribution is 5.68. The molecule has 0 aromatic heterocycles. The number of aliphatic carboxylic acids is 1. The Morgan fingerprint density at radius 1 is 1.19 bits per heavy atom. The first kappa shape index (κ1) is 15.0. The van der Waals surface area contributed by atoms with Gasteiger partial charge in [0.2, 0.25) is 0 Å². The van der Waals surface area contributed by atoms with Crippen LogP contribution in [0.4, 0.5) is 8.78 Å². The van der Waals surface area contributed by atoms with Gasteiger partial charge in [0, 0.05) is 6.07 Å². The summed E-state index contributed by atoms with van der Waals surface area (Å²) in [5, 5.41) is 8.75. The molecule has 5 heteroatoms. The lowest BCUT2D eigenvalue weighted by atomic mass is 9.98. The second-order valence-corrected chi connectivity index (χ2v) is 4.74. The van der Waals surface area contributed by atoms with Gasteiger partial charge in [0.15, 0.2) is 11.6 Å². The van der Waals surface area contributed by atoms with Crippen LogP contribution in [-0.4, -0.2) is 11.1 Å². The number of hydrogen-bond donors (Lipinski definition) is 1. The van der Waals surface area contributed by atoms with E-state index in [1.54, 1.807) is 24.3 Å². The SMILES string of the molecule is CC(CC(=O)O)c1ccc(Oc2ccc(F)cc2F)cc1. The van der Waals surface area contributed by atoms with Crippen LogP contribution < -0.4 is 4.74 Å². The summed E-state index contributed by atoms with van der Waals surface area (Å²) < 4.78 is 31.6. The standard InChI is InChI=1S/C16H14F2O3/c1-10(8-16(19)20)11-2-5-13(6-3-11)21-15-7-4-12(17)9-14(15)18/h2-7,9-10H,8H2,1H3,(H,19,20). The molecule has 0 heterocycles. The number of carbonyl (C=O) groups is 1. The van der Waals surface area contributed by atoms with Crippen LogP contribution in [0.3, 0.4) is 0 Å². The van der Waals surface area contributed by atoms with Gasteiger partial charge >= 0.3 is 5.97 Å². The van der Waals surface area contributed by atoms with Crippen LogP contribution in [0.2, 0.25) is 0 Å². The topological polar surface area (TPSA) is 46.5 Å². The van der Waals surface area contributed by atoms with Gasteiger partial charge in [-0.1, -0.05) is 19.1 Å². The van der Waals surface area contributed by atoms with Gasteiger partial charge in [-0.05, 0) is 35.7 Å². The van der Waals surface area contributed by atoms with Gasteiger partial charge in [-0.25, -0.2) is 8.78 Å². The summed E-state index contributed by atoms with van der Waals surface area (Å²) in [5.74, 6) is -2.11. The van der Waals surface area contributed by atoms with Gasteiger partial charge in [-0.2, -0.15) is 0 Å². The van der Waals surface area contributed by atoms with Crippen LogP contribution in [0.25, 0.3) is 0 Å². The molecule has 110 valence electrons. The van der Waals surface area contributed by atoms with E-state index in [0.29, 0.717) is 5.75 Å². The molecule has 0 saturated carbocycles. The number of benzene rings is 2. The number of ether oxygens (including phenoxy) is 1. The molecular weight excluding hydrogens is 278 g/mol. The fraction of sp³-hybridized carbons (Fsp3) is 0.188. The minimum Gasteiger partial charge on any atom is -0.481 e. The summed E-state index contributed by atoms with van der Waals surface area (Å²) in [7, 11) is 0. The Morgan fingerprint density at radius 3 is 2.43 bits per heavy atom. The predicted molar refractivity (Wildman–Crippen MR) is 73.5 cm³/mol. The molecule has 2 aromatic carbocycles. The van der Waals surface area contributed by atoms with Gasteiger partial charge in [-0.3, -0.25) is 4.79 Å². The molecule has 0 aliphatic heterocycles. The first-order chi connectivity index (χ1) is 9.95. The van der Waals surface area contributed by atoms with E-state index in [0.717, 1.165) is 17.7 Å². The molecule has 21 heavy (non-hydrogen) atoms. The van der Waals surface area contributed by atoms with Gasteiger partial charge in [-0.15, -0.1) is 0 Å². The van der Waals surface area contributed by atoms with E-state index in [2.05, 4.69) is 0 Å². The third-order valence-corrected chi connectivity index (χ3v) is 3.05. The predicted octanol–water partition coefficient (Wildman–Crippen LogP) is 4.34. The Hall–Kier alpha value is -2.43. The van der Waals surface area contributed by atoms with Crippen molar-refractivity contribution in [3.8, 4) is 11.5 Å². The zero-order valence-corrected chi connectivity index (χ0v) is 11.3. The van der Waals surface area contributed by atoms with E-state index in [-0.39, 0.29) is 18.1 Å². The zero-order chi connectivity index (χ0) is 15.4. The molecule has 0 bridgehead atoms. The average molecular weight is 292 g/mol. The highest BCUT2D eigenvalue weighted by atomic mass is 19.1. The van der Waals surface area contributed by atoms with Crippen molar-refractivity contribution in [3.63, 3.8) is 0 Å². The van der Waals surface area contributed by atoms with Crippen molar-refractivity contribution < 1.29 is 23.4 Å². The minimum atomic E-state index is -0.865. The normalized spacial score (nSPS) is 12.0. The van der Waals surface area contributed by atoms with E-state index in [1.165, 1.54) is 6.07 Å². The molecule has 0 radical (unpaired) electrons. The lowest BCUT2D eigenvalue weighted by molar-refractivity contribution is -0.137. The van der Waals surface area contributed by atoms with Crippen molar-refractivity contribution in [1.82, 2.24) is 0 Å². The van der Waals surface area contributed by atoms with Gasteiger partial charge in [0.1, 0.15) is 11.6 Å². The van der Waals surface area contributed by atoms with Crippen molar-refractivity contribution >= 4 is 5.97 Å². The van der Waals surface area contributed by atoms with Crippen LogP contribution in [-0.2, 0) is 4.79 Å². The largest absolute Gasteiger partial charge is 0.481 e. The third-order valence-electron chi connectivity index (χ3n) is 3.05. The van der Waals surface area contributed by atoms with Gasteiger partial charge in [0.05, 0.1) is 6.42 Å². The molecule has 1 N–H and O–H groups in total. The summed E-state index contributed by atoms with van der Waals surface area (Å²) in [6, 6.07) is 9.77. The lowest BCUT2D eigenvalue weighted by Gasteiger charge is -2.11. The molecule has 0 saturated heterocycles. The van der Waals surface area contributed by atoms with Crippen LogP contribution in [0.1, 0.15) is 24.8 Å². The molecule has 0 aliphatic rings. The van der Waals surface area contributed by atoms with Crippen LogP contribution >= 0.6 is 0 Å². The summed E-state index contributed by atoms with van der Waals surface area (Å²) in [5.41, 5.74) is 0.851. The Labute approximate surface area is 120 Å². The van der Waals surface area contributed by atoms with E-state index < -0.39 is 17.6 Å². The van der Waals surface area contributed by atoms with Crippen molar-refractivity contribution in [2.24, 2.45) is 0 Å². The second-order valence-electron chi connectivity index (χ2n) is 4.74. The highest BCUT2D eigenvalue weighted by Crippen LogP contribution is 2.27.